The summed E-state index contributed by atoms with van der Waals surface area (Å²) >= 11 is 0. The minimum atomic E-state index is -3.01. The third-order valence-corrected chi connectivity index (χ3v) is 10.9. The number of aromatic amines is 2. The van der Waals surface area contributed by atoms with Gasteiger partial charge in [-0.25, -0.2) is 18.6 Å². The number of carbonyl (C=O) groups is 1. The number of aromatic nitrogens is 5. The van der Waals surface area contributed by atoms with E-state index in [-0.39, 0.29) is 52.4 Å². The maximum absolute atomic E-state index is 15.4. The molecule has 0 fully saturated rings. The summed E-state index contributed by atoms with van der Waals surface area (Å²) in [6, 6.07) is 9.74. The number of nitrogens with two attached hydrogens (primary N) is 1. The number of nitrogen functional groups attached to an aromatic ring is 1. The first-order chi connectivity index (χ1) is 20.6. The van der Waals surface area contributed by atoms with Crippen LogP contribution >= 0.6 is 10.0 Å². The Morgan fingerprint density at radius 1 is 1.05 bits per heavy atom. The molecule has 4 N–H and O–H groups in total. The van der Waals surface area contributed by atoms with Crippen LogP contribution in [0.15, 0.2) is 68.2 Å². The van der Waals surface area contributed by atoms with Crippen LogP contribution in [-0.4, -0.2) is 70.4 Å². The monoisotopic (exact) mass is 611 g/mol. The van der Waals surface area contributed by atoms with E-state index in [2.05, 4.69) is 25.1 Å². The summed E-state index contributed by atoms with van der Waals surface area (Å²) in [6.07, 6.45) is 1.44. The highest BCUT2D eigenvalue weighted by molar-refractivity contribution is 8.40. The van der Waals surface area contributed by atoms with Gasteiger partial charge in [0.15, 0.2) is 0 Å². The van der Waals surface area contributed by atoms with Gasteiger partial charge in [-0.3, -0.25) is 14.6 Å². The minimum absolute atomic E-state index is 0.0351. The molecule has 43 heavy (non-hydrogen) atoms. The number of ether oxygens (including phenoxy) is 2. The normalized spacial score (nSPS) is 17.3. The Labute approximate surface area is 244 Å². The summed E-state index contributed by atoms with van der Waals surface area (Å²) in [4.78, 5) is 50.6. The lowest BCUT2D eigenvalue weighted by Gasteiger charge is -2.39. The van der Waals surface area contributed by atoms with E-state index >= 15 is 8.78 Å². The van der Waals surface area contributed by atoms with Crippen molar-refractivity contribution in [2.45, 2.75) is 15.7 Å². The largest absolute Gasteiger partial charge is 0.480 e. The maximum atomic E-state index is 15.4. The van der Waals surface area contributed by atoms with Crippen LogP contribution in [0, 0.1) is 11.6 Å². The van der Waals surface area contributed by atoms with Crippen molar-refractivity contribution in [2.75, 3.05) is 40.2 Å². The number of methoxy groups -OCH3 is 2. The topological polar surface area (TPSA) is 169 Å². The van der Waals surface area contributed by atoms with Crippen LogP contribution in [0.25, 0.3) is 10.5 Å². The van der Waals surface area contributed by atoms with Crippen LogP contribution in [0.2, 0.25) is 0 Å². The lowest BCUT2D eigenvalue weighted by atomic mass is 10.1. The molecule has 0 aliphatic carbocycles. The van der Waals surface area contributed by atoms with E-state index in [1.54, 1.807) is 12.1 Å². The van der Waals surface area contributed by atoms with Crippen LogP contribution in [0.1, 0.15) is 16.8 Å². The number of nitrogens with one attached hydrogen (secondary N) is 2. The molecular weight excluding hydrogens is 584 g/mol. The Balaban J connectivity index is 1.94. The van der Waals surface area contributed by atoms with Crippen molar-refractivity contribution in [1.82, 2.24) is 30.0 Å². The maximum Gasteiger partial charge on any atom is 0.326 e. The number of fused-ring (bicyclic) bond motifs is 1. The highest BCUT2D eigenvalue weighted by atomic mass is 32.3. The molecule has 12 nitrogen and oxygen atoms in total. The first-order valence-electron chi connectivity index (χ1n) is 12.8. The fraction of sp³-hybridized carbons (Fsp3) is 0.214. The molecule has 1 aliphatic heterocycles. The van der Waals surface area contributed by atoms with Crippen molar-refractivity contribution in [1.29, 1.82) is 0 Å². The van der Waals surface area contributed by atoms with Gasteiger partial charge in [-0.1, -0.05) is 6.07 Å². The number of hydrogen-bond donors (Lipinski definition) is 3. The minimum Gasteiger partial charge on any atom is -0.480 e. The predicted molar refractivity (Wildman–Crippen MR) is 155 cm³/mol. The standard InChI is InChI=1S/C28H27F2N7O5S/c1-37(23(38)13-41-2)12-16-24-26(39)33-28(40)34-27(24)43(15-7-9-21(31)32-11-15,14-17-18(29)5-4-6-19(17)30)25(16)20-8-10-22(42-3)36-35-20/h4-11H,12-14H2,1-3H3,(H2,31,32)(H2,33,34,39,40). The van der Waals surface area contributed by atoms with E-state index in [9.17, 15) is 14.4 Å². The molecule has 0 bridgehead atoms. The highest BCUT2D eigenvalue weighted by Crippen LogP contribution is 2.77. The average Bonchev–Trinajstić information content (AvgIpc) is 3.25. The van der Waals surface area contributed by atoms with Gasteiger partial charge in [0, 0.05) is 59.7 Å². The molecule has 224 valence electrons. The van der Waals surface area contributed by atoms with Gasteiger partial charge in [0.25, 0.3) is 5.56 Å². The number of hydrogen-bond acceptors (Lipinski definition) is 9. The molecule has 0 saturated heterocycles. The molecule has 4 heterocycles. The second-order valence-corrected chi connectivity index (χ2v) is 12.6. The van der Waals surface area contributed by atoms with Gasteiger partial charge >= 0.3 is 5.69 Å². The van der Waals surface area contributed by atoms with E-state index in [0.29, 0.717) is 15.4 Å². The van der Waals surface area contributed by atoms with Crippen LogP contribution in [0.4, 0.5) is 14.6 Å². The number of nitrogens with zero attached hydrogens (tertiary/aromatic N) is 4. The van der Waals surface area contributed by atoms with Crippen molar-refractivity contribution in [3.63, 3.8) is 0 Å². The highest BCUT2D eigenvalue weighted by Gasteiger charge is 2.47. The molecule has 4 aromatic rings. The number of likely N-dealkylation sites (N-methyl/N-ethyl adjacent to an activating group) is 1. The van der Waals surface area contributed by atoms with Crippen LogP contribution in [0.3, 0.4) is 0 Å². The molecule has 3 aromatic heterocycles. The molecule has 0 spiro atoms. The Hall–Kier alpha value is -4.89. The summed E-state index contributed by atoms with van der Waals surface area (Å²) in [6.45, 7) is -0.388. The first kappa shape index (κ1) is 29.6. The summed E-state index contributed by atoms with van der Waals surface area (Å²) in [5.41, 5.74) is 4.59. The van der Waals surface area contributed by atoms with Gasteiger partial charge < -0.3 is 25.1 Å². The molecule has 0 radical (unpaired) electrons. The van der Waals surface area contributed by atoms with Gasteiger partial charge in [-0.2, -0.15) is 0 Å². The number of amides is 1. The zero-order valence-corrected chi connectivity index (χ0v) is 24.1. The van der Waals surface area contributed by atoms with E-state index in [1.165, 1.54) is 50.6 Å². The number of rotatable bonds is 9. The van der Waals surface area contributed by atoms with Gasteiger partial charge in [0.2, 0.25) is 11.8 Å². The molecule has 0 saturated carbocycles. The second kappa shape index (κ2) is 11.8. The molecular formula is C28H27F2N7O5S. The van der Waals surface area contributed by atoms with Gasteiger partial charge in [0.05, 0.1) is 23.4 Å². The first-order valence-corrected chi connectivity index (χ1v) is 14.6. The lowest BCUT2D eigenvalue weighted by Crippen LogP contribution is -2.33. The number of anilines is 1. The Morgan fingerprint density at radius 3 is 2.40 bits per heavy atom. The molecule has 1 amide bonds. The fourth-order valence-corrected chi connectivity index (χ4v) is 9.22. The zero-order chi connectivity index (χ0) is 30.9. The molecule has 1 atom stereocenters. The van der Waals surface area contributed by atoms with Crippen LogP contribution in [-0.2, 0) is 15.3 Å². The summed E-state index contributed by atoms with van der Waals surface area (Å²) in [5, 5.41) is 8.57. The summed E-state index contributed by atoms with van der Waals surface area (Å²) in [7, 11) is 1.29. The van der Waals surface area contributed by atoms with Crippen LogP contribution < -0.4 is 21.7 Å². The summed E-state index contributed by atoms with van der Waals surface area (Å²) in [5.74, 6) is -2.04. The zero-order valence-electron chi connectivity index (χ0n) is 23.3. The molecule has 1 aromatic carbocycles. The third kappa shape index (κ3) is 5.28. The van der Waals surface area contributed by atoms with Gasteiger partial charge in [-0.15, -0.1) is 20.2 Å². The van der Waals surface area contributed by atoms with Gasteiger partial charge in [-0.05, 0) is 30.3 Å². The number of halogens is 2. The van der Waals surface area contributed by atoms with Crippen molar-refractivity contribution >= 4 is 32.2 Å². The van der Waals surface area contributed by atoms with Gasteiger partial charge in [0.1, 0.15) is 24.1 Å². The Kier molecular flexibility index (Phi) is 8.10. The number of H-pyrrole nitrogens is 2. The van der Waals surface area contributed by atoms with Crippen molar-refractivity contribution < 1.29 is 23.0 Å². The SMILES string of the molecule is COCC(=O)N(C)CC1=C(c2ccc(OC)nn2)S(Cc2c(F)cccc2F)(c2ccc(N)nc2)c2[nH]c(=O)[nH]c(=O)c21. The van der Waals surface area contributed by atoms with Crippen molar-refractivity contribution in [2.24, 2.45) is 0 Å². The molecule has 5 rings (SSSR count). The van der Waals surface area contributed by atoms with E-state index in [4.69, 9.17) is 15.2 Å². The quantitative estimate of drug-likeness (QED) is 0.241. The van der Waals surface area contributed by atoms with Crippen molar-refractivity contribution in [3.8, 4) is 5.88 Å². The number of benzene rings is 1. The molecule has 1 unspecified atom stereocenters. The van der Waals surface area contributed by atoms with Crippen molar-refractivity contribution in [3.05, 3.63) is 98.0 Å². The third-order valence-electron chi connectivity index (χ3n) is 6.94. The molecule has 15 heteroatoms. The van der Waals surface area contributed by atoms with E-state index in [0.717, 1.165) is 12.1 Å². The number of pyridine rings is 1. The smallest absolute Gasteiger partial charge is 0.326 e. The second-order valence-electron chi connectivity index (χ2n) is 9.57. The Bertz CT molecular complexity index is 1820. The molecule has 1 aliphatic rings. The summed E-state index contributed by atoms with van der Waals surface area (Å²) < 4.78 is 41.0. The van der Waals surface area contributed by atoms with E-state index < -0.39 is 38.8 Å². The Morgan fingerprint density at radius 2 is 1.79 bits per heavy atom. The number of carbonyl (C=O) groups excluding carboxylic acids is 1. The predicted octanol–water partition coefficient (Wildman–Crippen LogP) is 2.53. The fourth-order valence-electron chi connectivity index (χ4n) is 4.97. The van der Waals surface area contributed by atoms with Crippen LogP contribution in [0.5, 0.6) is 5.88 Å². The lowest BCUT2D eigenvalue weighted by molar-refractivity contribution is -0.133. The van der Waals surface area contributed by atoms with E-state index in [1.807, 2.05) is 0 Å². The average molecular weight is 612 g/mol.